The fraction of sp³-hybridized carbons (Fsp3) is 0.750. The van der Waals surface area contributed by atoms with Crippen LogP contribution >= 0.6 is 8.61 Å². The molecule has 0 aromatic rings. The van der Waals surface area contributed by atoms with Crippen LogP contribution in [0.5, 0.6) is 0 Å². The Balaban J connectivity index is 3.35. The maximum atomic E-state index is 10.5. The van der Waals surface area contributed by atoms with Crippen LogP contribution in [-0.2, 0) is 4.57 Å². The van der Waals surface area contributed by atoms with E-state index in [-0.39, 0.29) is 8.61 Å². The van der Waals surface area contributed by atoms with Gasteiger partial charge in [0.25, 0.3) is 0 Å². The highest BCUT2D eigenvalue weighted by Crippen LogP contribution is 2.07. The lowest BCUT2D eigenvalue weighted by atomic mass is 10.2. The maximum Gasteiger partial charge on any atom is 0.421 e. The molecule has 0 rings (SSSR count). The Morgan fingerprint density at radius 1 is 1.55 bits per heavy atom. The Bertz CT molecular complexity index is 117. The van der Waals surface area contributed by atoms with E-state index < -0.39 is 0 Å². The Hall–Kier alpha value is -0.200. The van der Waals surface area contributed by atoms with Crippen molar-refractivity contribution in [1.82, 2.24) is 4.67 Å². The summed E-state index contributed by atoms with van der Waals surface area (Å²) < 4.78 is 12.4. The van der Waals surface area contributed by atoms with E-state index in [9.17, 15) is 4.57 Å². The van der Waals surface area contributed by atoms with Gasteiger partial charge in [0, 0.05) is 6.54 Å². The Morgan fingerprint density at radius 3 is 2.73 bits per heavy atom. The summed E-state index contributed by atoms with van der Waals surface area (Å²) in [5, 5.41) is 0. The van der Waals surface area contributed by atoms with Crippen molar-refractivity contribution >= 4 is 8.61 Å². The summed E-state index contributed by atoms with van der Waals surface area (Å²) in [4.78, 5) is 0. The Morgan fingerprint density at radius 2 is 2.27 bits per heavy atom. The van der Waals surface area contributed by atoms with Gasteiger partial charge in [-0.05, 0) is 6.42 Å². The summed E-state index contributed by atoms with van der Waals surface area (Å²) in [6.45, 7) is 7.44. The molecule has 0 aliphatic carbocycles. The SMILES string of the molecule is C=CCN(CCCCC)[PH+]=O. The van der Waals surface area contributed by atoms with Crippen LogP contribution in [0.4, 0.5) is 0 Å². The van der Waals surface area contributed by atoms with Crippen molar-refractivity contribution in [2.45, 2.75) is 26.2 Å². The van der Waals surface area contributed by atoms with Gasteiger partial charge in [-0.25, -0.2) is 0 Å². The van der Waals surface area contributed by atoms with Crippen LogP contribution in [-0.4, -0.2) is 17.8 Å². The largest absolute Gasteiger partial charge is 0.421 e. The van der Waals surface area contributed by atoms with Crippen LogP contribution in [0.15, 0.2) is 12.7 Å². The highest BCUT2D eigenvalue weighted by Gasteiger charge is 2.06. The molecular weight excluding hydrogens is 157 g/mol. The molecule has 0 aliphatic heterocycles. The van der Waals surface area contributed by atoms with Crippen molar-refractivity contribution in [3.63, 3.8) is 0 Å². The maximum absolute atomic E-state index is 10.5. The minimum absolute atomic E-state index is 0.321. The molecule has 0 spiro atoms. The standard InChI is InChI=1S/C8H16NOP/c1-3-5-6-8-9(11-10)7-4-2/h4H,2-3,5-8H2,1H3/p+1. The number of nitrogens with zero attached hydrogens (tertiary/aromatic N) is 1. The quantitative estimate of drug-likeness (QED) is 0.336. The molecule has 0 radical (unpaired) electrons. The first-order chi connectivity index (χ1) is 5.35. The molecule has 11 heavy (non-hydrogen) atoms. The van der Waals surface area contributed by atoms with Gasteiger partial charge in [0.05, 0.1) is 6.54 Å². The summed E-state index contributed by atoms with van der Waals surface area (Å²) in [5.74, 6) is 0. The zero-order chi connectivity index (χ0) is 8.53. The van der Waals surface area contributed by atoms with Crippen LogP contribution in [0.3, 0.4) is 0 Å². The van der Waals surface area contributed by atoms with Crippen LogP contribution < -0.4 is 0 Å². The van der Waals surface area contributed by atoms with Crippen molar-refractivity contribution in [2.24, 2.45) is 0 Å². The lowest BCUT2D eigenvalue weighted by molar-refractivity contribution is 0.454. The molecule has 1 atom stereocenters. The molecular formula is C8H17NOP+. The van der Waals surface area contributed by atoms with E-state index in [1.54, 1.807) is 6.08 Å². The normalized spacial score (nSPS) is 10.7. The third kappa shape index (κ3) is 6.21. The summed E-state index contributed by atoms with van der Waals surface area (Å²) in [6, 6.07) is 0. The van der Waals surface area contributed by atoms with Crippen molar-refractivity contribution in [3.05, 3.63) is 12.7 Å². The smallest absolute Gasteiger partial charge is 0.102 e. The molecule has 0 aromatic carbocycles. The lowest BCUT2D eigenvalue weighted by Crippen LogP contribution is -2.13. The Labute approximate surface area is 70.5 Å². The third-order valence-corrected chi connectivity index (χ3v) is 2.17. The molecule has 2 nitrogen and oxygen atoms in total. The van der Waals surface area contributed by atoms with E-state index in [1.165, 1.54) is 12.8 Å². The number of rotatable bonds is 7. The van der Waals surface area contributed by atoms with Gasteiger partial charge < -0.3 is 0 Å². The van der Waals surface area contributed by atoms with Crippen LogP contribution in [0, 0.1) is 0 Å². The molecule has 64 valence electrons. The number of hydrogen-bond acceptors (Lipinski definition) is 1. The minimum atomic E-state index is -0.321. The lowest BCUT2D eigenvalue weighted by Gasteiger charge is -2.02. The van der Waals surface area contributed by atoms with E-state index >= 15 is 0 Å². The van der Waals surface area contributed by atoms with E-state index in [2.05, 4.69) is 13.5 Å². The molecule has 0 N–H and O–H groups in total. The number of hydrogen-bond donors (Lipinski definition) is 0. The second kappa shape index (κ2) is 7.90. The average molecular weight is 174 g/mol. The topological polar surface area (TPSA) is 20.3 Å². The molecule has 0 saturated carbocycles. The van der Waals surface area contributed by atoms with Gasteiger partial charge >= 0.3 is 8.61 Å². The second-order valence-corrected chi connectivity index (χ2v) is 3.35. The second-order valence-electron chi connectivity index (χ2n) is 2.53. The molecule has 0 heterocycles. The molecule has 0 aliphatic rings. The van der Waals surface area contributed by atoms with E-state index in [0.29, 0.717) is 0 Å². The fourth-order valence-electron chi connectivity index (χ4n) is 0.883. The molecule has 0 bridgehead atoms. The van der Waals surface area contributed by atoms with E-state index in [4.69, 9.17) is 0 Å². The monoisotopic (exact) mass is 174 g/mol. The molecule has 1 unspecified atom stereocenters. The van der Waals surface area contributed by atoms with Gasteiger partial charge in [-0.2, -0.15) is 0 Å². The van der Waals surface area contributed by atoms with Gasteiger partial charge in [0.15, 0.2) is 0 Å². The van der Waals surface area contributed by atoms with E-state index in [0.717, 1.165) is 19.5 Å². The first kappa shape index (κ1) is 10.8. The summed E-state index contributed by atoms with van der Waals surface area (Å²) >= 11 is 0. The molecule has 0 aromatic heterocycles. The van der Waals surface area contributed by atoms with Gasteiger partial charge in [0.1, 0.15) is 0 Å². The fourth-order valence-corrected chi connectivity index (χ4v) is 1.34. The summed E-state index contributed by atoms with van der Waals surface area (Å²) in [6.07, 6.45) is 5.36. The molecule has 0 saturated heterocycles. The summed E-state index contributed by atoms with van der Waals surface area (Å²) in [5.41, 5.74) is 0. The van der Waals surface area contributed by atoms with Crippen molar-refractivity contribution in [1.29, 1.82) is 0 Å². The van der Waals surface area contributed by atoms with E-state index in [1.807, 2.05) is 4.67 Å². The highest BCUT2D eigenvalue weighted by atomic mass is 31.1. The van der Waals surface area contributed by atoms with Crippen molar-refractivity contribution in [2.75, 3.05) is 13.1 Å². The predicted molar refractivity (Wildman–Crippen MR) is 50.3 cm³/mol. The van der Waals surface area contributed by atoms with Gasteiger partial charge in [-0.3, -0.25) is 0 Å². The van der Waals surface area contributed by atoms with Gasteiger partial charge in [-0.1, -0.05) is 35.1 Å². The number of unbranched alkanes of at least 4 members (excludes halogenated alkanes) is 2. The molecule has 0 amide bonds. The van der Waals surface area contributed by atoms with Crippen LogP contribution in [0.25, 0.3) is 0 Å². The van der Waals surface area contributed by atoms with Crippen molar-refractivity contribution < 1.29 is 4.57 Å². The predicted octanol–water partition coefficient (Wildman–Crippen LogP) is 2.60. The molecule has 0 fully saturated rings. The van der Waals surface area contributed by atoms with Crippen LogP contribution in [0.2, 0.25) is 0 Å². The van der Waals surface area contributed by atoms with Crippen LogP contribution in [0.1, 0.15) is 26.2 Å². The summed E-state index contributed by atoms with van der Waals surface area (Å²) in [7, 11) is -0.321. The molecule has 3 heteroatoms. The van der Waals surface area contributed by atoms with Gasteiger partial charge in [0.2, 0.25) is 0 Å². The first-order valence-corrected chi connectivity index (χ1v) is 4.94. The first-order valence-electron chi connectivity index (χ1n) is 4.08. The zero-order valence-corrected chi connectivity index (χ0v) is 8.18. The third-order valence-electron chi connectivity index (χ3n) is 1.51. The Kier molecular flexibility index (Phi) is 7.76. The van der Waals surface area contributed by atoms with Gasteiger partial charge in [-0.15, -0.1) is 6.58 Å². The van der Waals surface area contributed by atoms with Crippen molar-refractivity contribution in [3.8, 4) is 0 Å². The minimum Gasteiger partial charge on any atom is -0.102 e. The highest BCUT2D eigenvalue weighted by molar-refractivity contribution is 7.20. The zero-order valence-electron chi connectivity index (χ0n) is 7.18. The average Bonchev–Trinajstić information content (AvgIpc) is 2.03.